The van der Waals surface area contributed by atoms with Crippen molar-refractivity contribution in [2.75, 3.05) is 0 Å². The fourth-order valence-corrected chi connectivity index (χ4v) is 3.76. The van der Waals surface area contributed by atoms with Gasteiger partial charge in [-0.2, -0.15) is 0 Å². The maximum Gasteiger partial charge on any atom is 0.123 e. The van der Waals surface area contributed by atoms with Crippen LogP contribution in [0.4, 0.5) is 0 Å². The Morgan fingerprint density at radius 1 is 1.00 bits per heavy atom. The molecule has 1 N–H and O–H groups in total. The second kappa shape index (κ2) is 8.15. The van der Waals surface area contributed by atoms with Crippen LogP contribution in [0.15, 0.2) is 54.6 Å². The van der Waals surface area contributed by atoms with Crippen LogP contribution in [0.2, 0.25) is 0 Å². The van der Waals surface area contributed by atoms with Crippen molar-refractivity contribution in [1.29, 1.82) is 0 Å². The third kappa shape index (κ3) is 3.68. The molecule has 0 amide bonds. The molecule has 0 fully saturated rings. The van der Waals surface area contributed by atoms with Crippen LogP contribution in [0, 0.1) is 5.92 Å². The highest BCUT2D eigenvalue weighted by Crippen LogP contribution is 2.40. The maximum absolute atomic E-state index is 11.6. The summed E-state index contributed by atoms with van der Waals surface area (Å²) in [5, 5.41) is 1.25. The number of aldehydes is 1. The summed E-state index contributed by atoms with van der Waals surface area (Å²) >= 11 is 0. The number of benzene rings is 2. The molecule has 2 nitrogen and oxygen atoms in total. The van der Waals surface area contributed by atoms with Crippen LogP contribution in [0.25, 0.3) is 22.2 Å². The Kier molecular flexibility index (Phi) is 5.70. The molecule has 0 aliphatic heterocycles. The normalized spacial score (nSPS) is 13.7. The van der Waals surface area contributed by atoms with Crippen LogP contribution in [0.3, 0.4) is 0 Å². The van der Waals surface area contributed by atoms with E-state index in [9.17, 15) is 4.79 Å². The Hall–Kier alpha value is -2.35. The third-order valence-corrected chi connectivity index (χ3v) is 5.15. The zero-order valence-electron chi connectivity index (χ0n) is 15.2. The summed E-state index contributed by atoms with van der Waals surface area (Å²) in [7, 11) is 0. The summed E-state index contributed by atoms with van der Waals surface area (Å²) in [6.45, 7) is 4.28. The van der Waals surface area contributed by atoms with Crippen molar-refractivity contribution in [1.82, 2.24) is 4.98 Å². The zero-order chi connectivity index (χ0) is 17.6. The molecule has 0 spiro atoms. The number of hydrogen-bond donors (Lipinski definition) is 1. The van der Waals surface area contributed by atoms with Gasteiger partial charge in [0.15, 0.2) is 0 Å². The van der Waals surface area contributed by atoms with Crippen LogP contribution in [0.5, 0.6) is 0 Å². The van der Waals surface area contributed by atoms with Gasteiger partial charge in [0, 0.05) is 22.5 Å². The van der Waals surface area contributed by atoms with Gasteiger partial charge in [-0.25, -0.2) is 0 Å². The molecule has 2 heteroatoms. The highest BCUT2D eigenvalue weighted by molar-refractivity contribution is 5.91. The van der Waals surface area contributed by atoms with E-state index in [0.29, 0.717) is 0 Å². The molecule has 0 saturated heterocycles. The van der Waals surface area contributed by atoms with E-state index in [4.69, 9.17) is 0 Å². The SMILES string of the molecule is CCCCC[C@@H](c1c(-c2ccccc2)[nH]c2ccccc12)[C@@H](C)C=O. The fraction of sp³-hybridized carbons (Fsp3) is 0.348. The predicted octanol–water partition coefficient (Wildman–Crippen LogP) is 6.33. The summed E-state index contributed by atoms with van der Waals surface area (Å²) < 4.78 is 0. The summed E-state index contributed by atoms with van der Waals surface area (Å²) in [5.41, 5.74) is 4.80. The van der Waals surface area contributed by atoms with Crippen LogP contribution in [-0.2, 0) is 4.79 Å². The lowest BCUT2D eigenvalue weighted by molar-refractivity contribution is -0.111. The summed E-state index contributed by atoms with van der Waals surface area (Å²) in [4.78, 5) is 15.3. The summed E-state index contributed by atoms with van der Waals surface area (Å²) in [5.74, 6) is 0.258. The number of nitrogens with one attached hydrogen (secondary N) is 1. The molecular formula is C23H27NO. The van der Waals surface area contributed by atoms with E-state index < -0.39 is 0 Å². The van der Waals surface area contributed by atoms with E-state index >= 15 is 0 Å². The number of rotatable bonds is 8. The van der Waals surface area contributed by atoms with Crippen LogP contribution in [-0.4, -0.2) is 11.3 Å². The Morgan fingerprint density at radius 3 is 2.44 bits per heavy atom. The van der Waals surface area contributed by atoms with Gasteiger partial charge in [-0.05, 0) is 29.5 Å². The van der Waals surface area contributed by atoms with Crippen molar-refractivity contribution < 1.29 is 4.79 Å². The van der Waals surface area contributed by atoms with Gasteiger partial charge in [0.05, 0.1) is 0 Å². The summed E-state index contributed by atoms with van der Waals surface area (Å²) in [6.07, 6.45) is 5.74. The van der Waals surface area contributed by atoms with Gasteiger partial charge in [-0.3, -0.25) is 0 Å². The average molecular weight is 333 g/mol. The smallest absolute Gasteiger partial charge is 0.123 e. The molecule has 130 valence electrons. The number of para-hydroxylation sites is 1. The lowest BCUT2D eigenvalue weighted by Crippen LogP contribution is -2.12. The van der Waals surface area contributed by atoms with Crippen LogP contribution >= 0.6 is 0 Å². The number of hydrogen-bond acceptors (Lipinski definition) is 1. The van der Waals surface area contributed by atoms with Gasteiger partial charge >= 0.3 is 0 Å². The summed E-state index contributed by atoms with van der Waals surface area (Å²) in [6, 6.07) is 18.9. The van der Waals surface area contributed by atoms with Crippen molar-refractivity contribution in [2.45, 2.75) is 45.4 Å². The van der Waals surface area contributed by atoms with Crippen LogP contribution in [0.1, 0.15) is 51.0 Å². The first-order valence-electron chi connectivity index (χ1n) is 9.37. The molecule has 0 unspecified atom stereocenters. The molecule has 0 aliphatic carbocycles. The van der Waals surface area contributed by atoms with Crippen molar-refractivity contribution in [3.05, 3.63) is 60.2 Å². The minimum absolute atomic E-state index is 0.0125. The lowest BCUT2D eigenvalue weighted by Gasteiger charge is -2.22. The van der Waals surface area contributed by atoms with Crippen molar-refractivity contribution >= 4 is 17.2 Å². The molecule has 1 heterocycles. The molecule has 2 atom stereocenters. The number of unbranched alkanes of at least 4 members (excludes halogenated alkanes) is 2. The molecule has 3 rings (SSSR count). The Balaban J connectivity index is 2.15. The molecule has 0 saturated carbocycles. The van der Waals surface area contributed by atoms with Crippen molar-refractivity contribution in [3.8, 4) is 11.3 Å². The van der Waals surface area contributed by atoms with E-state index in [-0.39, 0.29) is 11.8 Å². The molecule has 2 aromatic carbocycles. The second-order valence-electron chi connectivity index (χ2n) is 6.92. The Bertz CT molecular complexity index is 818. The van der Waals surface area contributed by atoms with Gasteiger partial charge in [-0.15, -0.1) is 0 Å². The van der Waals surface area contributed by atoms with Gasteiger partial charge < -0.3 is 9.78 Å². The van der Waals surface area contributed by atoms with E-state index in [1.807, 2.05) is 6.07 Å². The predicted molar refractivity (Wildman–Crippen MR) is 106 cm³/mol. The lowest BCUT2D eigenvalue weighted by atomic mass is 9.81. The standard InChI is InChI=1S/C23H27NO/c1-3-4-6-13-19(17(2)16-25)22-20-14-9-10-15-21(20)24-23(22)18-11-7-5-8-12-18/h5,7-12,14-17,19,24H,3-4,6,13H2,1-2H3/t17-,19+/m0/s1. The first-order valence-corrected chi connectivity index (χ1v) is 9.37. The van der Waals surface area contributed by atoms with Gasteiger partial charge in [-0.1, -0.05) is 81.6 Å². The minimum Gasteiger partial charge on any atom is -0.354 e. The van der Waals surface area contributed by atoms with Crippen molar-refractivity contribution in [2.24, 2.45) is 5.92 Å². The largest absolute Gasteiger partial charge is 0.354 e. The monoisotopic (exact) mass is 333 g/mol. The van der Waals surface area contributed by atoms with Crippen molar-refractivity contribution in [3.63, 3.8) is 0 Å². The molecule has 25 heavy (non-hydrogen) atoms. The maximum atomic E-state index is 11.6. The van der Waals surface area contributed by atoms with Gasteiger partial charge in [0.1, 0.15) is 6.29 Å². The topological polar surface area (TPSA) is 32.9 Å². The molecule has 3 aromatic rings. The third-order valence-electron chi connectivity index (χ3n) is 5.15. The van der Waals surface area contributed by atoms with E-state index in [1.165, 1.54) is 29.4 Å². The molecule has 0 bridgehead atoms. The fourth-order valence-electron chi connectivity index (χ4n) is 3.76. The number of aromatic nitrogens is 1. The average Bonchev–Trinajstić information content (AvgIpc) is 3.05. The first-order chi connectivity index (χ1) is 12.3. The molecule has 0 radical (unpaired) electrons. The number of aromatic amines is 1. The minimum atomic E-state index is 0.0125. The van der Waals surface area contributed by atoms with E-state index in [0.717, 1.165) is 30.3 Å². The van der Waals surface area contributed by atoms with E-state index in [1.54, 1.807) is 0 Å². The quantitative estimate of drug-likeness (QED) is 0.379. The van der Waals surface area contributed by atoms with Gasteiger partial charge in [0.2, 0.25) is 0 Å². The number of carbonyl (C=O) groups is 1. The number of carbonyl (C=O) groups excluding carboxylic acids is 1. The molecular weight excluding hydrogens is 306 g/mol. The highest BCUT2D eigenvalue weighted by Gasteiger charge is 2.25. The van der Waals surface area contributed by atoms with Crippen LogP contribution < -0.4 is 0 Å². The number of H-pyrrole nitrogens is 1. The first kappa shape index (κ1) is 17.5. The van der Waals surface area contributed by atoms with Gasteiger partial charge in [0.25, 0.3) is 0 Å². The Labute approximate surface area is 150 Å². The highest BCUT2D eigenvalue weighted by atomic mass is 16.1. The molecule has 0 aliphatic rings. The second-order valence-corrected chi connectivity index (χ2v) is 6.92. The van der Waals surface area contributed by atoms with E-state index in [2.05, 4.69) is 67.4 Å². The molecule has 1 aromatic heterocycles. The zero-order valence-corrected chi connectivity index (χ0v) is 15.2. The number of fused-ring (bicyclic) bond motifs is 1. The Morgan fingerprint density at radius 2 is 1.72 bits per heavy atom.